The molecule has 1 amide bonds. The third-order valence-electron chi connectivity index (χ3n) is 4.99. The van der Waals surface area contributed by atoms with Gasteiger partial charge in [-0.15, -0.1) is 0 Å². The SMILES string of the molecule is Cc1cc(N2C[C@@H](C)[C@H](NC(=O)[C@@H](C)c3ccccc3)C2)nc(CO)n1. The van der Waals surface area contributed by atoms with Crippen LogP contribution in [0.25, 0.3) is 0 Å². The van der Waals surface area contributed by atoms with E-state index in [1.807, 2.05) is 50.2 Å². The minimum atomic E-state index is -0.181. The number of aromatic nitrogens is 2. The Hall–Kier alpha value is -2.47. The zero-order valence-corrected chi connectivity index (χ0v) is 15.5. The molecule has 1 aromatic carbocycles. The molecule has 3 atom stereocenters. The number of nitrogens with zero attached hydrogens (tertiary/aromatic N) is 3. The average Bonchev–Trinajstić information content (AvgIpc) is 3.01. The monoisotopic (exact) mass is 354 g/mol. The van der Waals surface area contributed by atoms with E-state index < -0.39 is 0 Å². The zero-order valence-electron chi connectivity index (χ0n) is 15.5. The van der Waals surface area contributed by atoms with E-state index in [2.05, 4.69) is 27.1 Å². The van der Waals surface area contributed by atoms with E-state index >= 15 is 0 Å². The van der Waals surface area contributed by atoms with E-state index in [-0.39, 0.29) is 24.5 Å². The lowest BCUT2D eigenvalue weighted by Gasteiger charge is -2.20. The van der Waals surface area contributed by atoms with Crippen molar-refractivity contribution in [3.8, 4) is 0 Å². The number of aliphatic hydroxyl groups is 1. The van der Waals surface area contributed by atoms with Gasteiger partial charge in [-0.05, 0) is 25.3 Å². The van der Waals surface area contributed by atoms with E-state index in [0.29, 0.717) is 18.3 Å². The molecular formula is C20H26N4O2. The van der Waals surface area contributed by atoms with E-state index in [4.69, 9.17) is 0 Å². The summed E-state index contributed by atoms with van der Waals surface area (Å²) in [7, 11) is 0. The second-order valence-electron chi connectivity index (χ2n) is 7.07. The van der Waals surface area contributed by atoms with Gasteiger partial charge in [0.1, 0.15) is 12.4 Å². The maximum absolute atomic E-state index is 12.7. The first-order chi connectivity index (χ1) is 12.5. The highest BCUT2D eigenvalue weighted by Gasteiger charge is 2.32. The van der Waals surface area contributed by atoms with Crippen molar-refractivity contribution in [2.75, 3.05) is 18.0 Å². The van der Waals surface area contributed by atoms with Crippen LogP contribution in [0, 0.1) is 12.8 Å². The van der Waals surface area contributed by atoms with Gasteiger partial charge < -0.3 is 15.3 Å². The van der Waals surface area contributed by atoms with E-state index in [0.717, 1.165) is 23.6 Å². The third-order valence-corrected chi connectivity index (χ3v) is 4.99. The molecule has 1 aliphatic rings. The number of aryl methyl sites for hydroxylation is 1. The fraction of sp³-hybridized carbons (Fsp3) is 0.450. The van der Waals surface area contributed by atoms with Gasteiger partial charge in [0.2, 0.25) is 5.91 Å². The normalized spacial score (nSPS) is 20.8. The number of carbonyl (C=O) groups excluding carboxylic acids is 1. The van der Waals surface area contributed by atoms with E-state index in [1.54, 1.807) is 0 Å². The van der Waals surface area contributed by atoms with Gasteiger partial charge in [0.25, 0.3) is 0 Å². The summed E-state index contributed by atoms with van der Waals surface area (Å²) in [5, 5.41) is 12.5. The summed E-state index contributed by atoms with van der Waals surface area (Å²) in [5.74, 6) is 1.42. The van der Waals surface area contributed by atoms with Gasteiger partial charge in [-0.1, -0.05) is 37.3 Å². The fourth-order valence-electron chi connectivity index (χ4n) is 3.39. The number of rotatable bonds is 5. The molecule has 2 heterocycles. The summed E-state index contributed by atoms with van der Waals surface area (Å²) < 4.78 is 0. The molecule has 6 heteroatoms. The van der Waals surface area contributed by atoms with Crippen LogP contribution in [0.4, 0.5) is 5.82 Å². The number of benzene rings is 1. The number of hydrogen-bond donors (Lipinski definition) is 2. The highest BCUT2D eigenvalue weighted by Crippen LogP contribution is 2.24. The van der Waals surface area contributed by atoms with Crippen molar-refractivity contribution in [1.82, 2.24) is 15.3 Å². The molecule has 0 radical (unpaired) electrons. The fourth-order valence-corrected chi connectivity index (χ4v) is 3.39. The molecule has 26 heavy (non-hydrogen) atoms. The van der Waals surface area contributed by atoms with Gasteiger partial charge in [-0.2, -0.15) is 0 Å². The quantitative estimate of drug-likeness (QED) is 0.859. The number of aliphatic hydroxyl groups excluding tert-OH is 1. The van der Waals surface area contributed by atoms with Crippen molar-refractivity contribution >= 4 is 11.7 Å². The number of hydrogen-bond acceptors (Lipinski definition) is 5. The van der Waals surface area contributed by atoms with Crippen LogP contribution in [0.3, 0.4) is 0 Å². The lowest BCUT2D eigenvalue weighted by molar-refractivity contribution is -0.123. The summed E-state index contributed by atoms with van der Waals surface area (Å²) in [6.45, 7) is 7.31. The van der Waals surface area contributed by atoms with Crippen molar-refractivity contribution < 1.29 is 9.90 Å². The number of anilines is 1. The molecule has 1 aliphatic heterocycles. The maximum Gasteiger partial charge on any atom is 0.227 e. The van der Waals surface area contributed by atoms with Crippen molar-refractivity contribution in [1.29, 1.82) is 0 Å². The molecule has 0 bridgehead atoms. The van der Waals surface area contributed by atoms with E-state index in [1.165, 1.54) is 0 Å². The van der Waals surface area contributed by atoms with Gasteiger partial charge in [0.15, 0.2) is 5.82 Å². The summed E-state index contributed by atoms with van der Waals surface area (Å²) in [5.41, 5.74) is 1.85. The van der Waals surface area contributed by atoms with Crippen molar-refractivity contribution in [3.63, 3.8) is 0 Å². The smallest absolute Gasteiger partial charge is 0.227 e. The first-order valence-electron chi connectivity index (χ1n) is 9.03. The lowest BCUT2D eigenvalue weighted by Crippen LogP contribution is -2.41. The number of nitrogens with one attached hydrogen (secondary N) is 1. The Morgan fingerprint density at radius 2 is 2.04 bits per heavy atom. The van der Waals surface area contributed by atoms with Gasteiger partial charge in [0, 0.05) is 24.8 Å². The van der Waals surface area contributed by atoms with Crippen LogP contribution < -0.4 is 10.2 Å². The molecule has 2 aromatic rings. The molecule has 1 fully saturated rings. The summed E-state index contributed by atoms with van der Waals surface area (Å²) >= 11 is 0. The predicted octanol–water partition coefficient (Wildman–Crippen LogP) is 2.02. The van der Waals surface area contributed by atoms with Crippen molar-refractivity contribution in [2.45, 2.75) is 39.3 Å². The molecule has 0 saturated carbocycles. The van der Waals surface area contributed by atoms with Gasteiger partial charge in [0.05, 0.1) is 12.0 Å². The molecule has 0 unspecified atom stereocenters. The lowest BCUT2D eigenvalue weighted by atomic mass is 9.99. The van der Waals surface area contributed by atoms with Crippen LogP contribution in [0.2, 0.25) is 0 Å². The minimum Gasteiger partial charge on any atom is -0.388 e. The topological polar surface area (TPSA) is 78.4 Å². The van der Waals surface area contributed by atoms with Crippen LogP contribution in [0.5, 0.6) is 0 Å². The highest BCUT2D eigenvalue weighted by atomic mass is 16.3. The minimum absolute atomic E-state index is 0.0461. The van der Waals surface area contributed by atoms with Gasteiger partial charge in [-0.3, -0.25) is 4.79 Å². The molecule has 0 aliphatic carbocycles. The summed E-state index contributed by atoms with van der Waals surface area (Å²) in [6.07, 6.45) is 0. The second kappa shape index (κ2) is 7.83. The predicted molar refractivity (Wildman–Crippen MR) is 101 cm³/mol. The van der Waals surface area contributed by atoms with Crippen LogP contribution in [0.1, 0.15) is 36.8 Å². The van der Waals surface area contributed by atoms with Crippen LogP contribution in [-0.2, 0) is 11.4 Å². The first kappa shape index (κ1) is 18.3. The average molecular weight is 354 g/mol. The van der Waals surface area contributed by atoms with Crippen molar-refractivity contribution in [2.24, 2.45) is 5.92 Å². The molecule has 3 rings (SSSR count). The standard InChI is InChI=1S/C20H26N4O2/c1-13-10-24(19-9-14(2)21-18(12-25)23-19)11-17(13)22-20(26)15(3)16-7-5-4-6-8-16/h4-9,13,15,17,25H,10-12H2,1-3H3,(H,22,26)/t13-,15+,17-/m1/s1. The van der Waals surface area contributed by atoms with Crippen molar-refractivity contribution in [3.05, 3.63) is 53.5 Å². The molecule has 0 spiro atoms. The second-order valence-corrected chi connectivity index (χ2v) is 7.07. The molecular weight excluding hydrogens is 328 g/mol. The highest BCUT2D eigenvalue weighted by molar-refractivity contribution is 5.83. The Labute approximate surface area is 154 Å². The Balaban J connectivity index is 1.67. The summed E-state index contributed by atoms with van der Waals surface area (Å²) in [6, 6.07) is 11.8. The Morgan fingerprint density at radius 3 is 2.73 bits per heavy atom. The molecule has 2 N–H and O–H groups in total. The van der Waals surface area contributed by atoms with Crippen LogP contribution in [0.15, 0.2) is 36.4 Å². The van der Waals surface area contributed by atoms with Crippen LogP contribution >= 0.6 is 0 Å². The Kier molecular flexibility index (Phi) is 5.52. The summed E-state index contributed by atoms with van der Waals surface area (Å²) in [4.78, 5) is 23.4. The van der Waals surface area contributed by atoms with Gasteiger partial charge >= 0.3 is 0 Å². The number of carbonyl (C=O) groups is 1. The maximum atomic E-state index is 12.7. The van der Waals surface area contributed by atoms with Crippen LogP contribution in [-0.4, -0.2) is 40.1 Å². The van der Waals surface area contributed by atoms with E-state index in [9.17, 15) is 9.90 Å². The molecule has 138 valence electrons. The largest absolute Gasteiger partial charge is 0.388 e. The zero-order chi connectivity index (χ0) is 18.7. The Bertz CT molecular complexity index is 766. The first-order valence-corrected chi connectivity index (χ1v) is 9.03. The Morgan fingerprint density at radius 1 is 1.31 bits per heavy atom. The molecule has 6 nitrogen and oxygen atoms in total. The number of amides is 1. The molecule has 1 saturated heterocycles. The molecule has 1 aromatic heterocycles. The van der Waals surface area contributed by atoms with Gasteiger partial charge in [-0.25, -0.2) is 9.97 Å². The third kappa shape index (κ3) is 4.02.